The Hall–Kier alpha value is -4.61. The quantitative estimate of drug-likeness (QED) is 0.156. The van der Waals surface area contributed by atoms with E-state index in [1.165, 1.54) is 5.56 Å². The number of rotatable bonds is 12. The Morgan fingerprint density at radius 3 is 2.35 bits per heavy atom. The standard InChI is InChI=1S/C38H44FN7O3/c39-29-22-33(36(47)42-30-12-14-31(15-13-30)43-37(48)35-23-34(44-45-35)27-10-11-27)38(41-24-29)49-32-5-1-4-28(21-32)26-8-6-25(7-9-26)3-2-18-46-19-16-40-17-20-46/h1,4-9,21-24,27,30-31,40H,2-3,10-20H2,(H,42,47)(H,43,48)(H,44,45)/t30-,31+. The third-order valence-corrected chi connectivity index (χ3v) is 9.78. The molecule has 11 heteroatoms. The van der Waals surface area contributed by atoms with Crippen molar-refractivity contribution in [3.8, 4) is 22.8 Å². The Labute approximate surface area is 286 Å². The first kappa shape index (κ1) is 32.9. The summed E-state index contributed by atoms with van der Waals surface area (Å²) in [4.78, 5) is 32.8. The van der Waals surface area contributed by atoms with Gasteiger partial charge in [0, 0.05) is 44.2 Å². The number of H-pyrrole nitrogens is 1. The molecule has 3 heterocycles. The number of aromatic nitrogens is 3. The van der Waals surface area contributed by atoms with Gasteiger partial charge in [0.05, 0.1) is 11.9 Å². The number of pyridine rings is 1. The number of piperazine rings is 1. The maximum atomic E-state index is 14.3. The van der Waals surface area contributed by atoms with E-state index in [-0.39, 0.29) is 29.4 Å². The smallest absolute Gasteiger partial charge is 0.269 e. The lowest BCUT2D eigenvalue weighted by Crippen LogP contribution is -2.44. The first-order chi connectivity index (χ1) is 24.0. The van der Waals surface area contributed by atoms with Crippen molar-refractivity contribution in [3.63, 3.8) is 0 Å². The van der Waals surface area contributed by atoms with Gasteiger partial charge in [0.2, 0.25) is 5.88 Å². The van der Waals surface area contributed by atoms with Crippen LogP contribution in [0, 0.1) is 5.82 Å². The van der Waals surface area contributed by atoms with E-state index in [1.54, 1.807) is 6.07 Å². The minimum absolute atomic E-state index is 0.00827. The molecule has 3 aliphatic rings. The number of ether oxygens (including phenoxy) is 1. The van der Waals surface area contributed by atoms with Crippen LogP contribution in [0.5, 0.6) is 11.6 Å². The van der Waals surface area contributed by atoms with Gasteiger partial charge in [0.1, 0.15) is 22.8 Å². The SMILES string of the molecule is O=C(N[C@H]1CC[C@@H](NC(=O)c2cc(F)cnc2Oc2cccc(-c3ccc(CCCN4CCNCC4)cc3)c2)CC1)c1cc(C2CC2)n[nH]1. The van der Waals surface area contributed by atoms with Crippen LogP contribution in [0.2, 0.25) is 0 Å². The monoisotopic (exact) mass is 665 g/mol. The van der Waals surface area contributed by atoms with Crippen LogP contribution < -0.4 is 20.7 Å². The van der Waals surface area contributed by atoms with Gasteiger partial charge < -0.3 is 25.6 Å². The van der Waals surface area contributed by atoms with Crippen molar-refractivity contribution in [1.82, 2.24) is 36.0 Å². The molecule has 0 bridgehead atoms. The van der Waals surface area contributed by atoms with Gasteiger partial charge in [-0.05, 0) is 98.9 Å². The lowest BCUT2D eigenvalue weighted by Gasteiger charge is -2.29. The summed E-state index contributed by atoms with van der Waals surface area (Å²) in [5.74, 6) is -0.188. The molecular formula is C38H44FN7O3. The predicted molar refractivity (Wildman–Crippen MR) is 185 cm³/mol. The van der Waals surface area contributed by atoms with Gasteiger partial charge in [-0.25, -0.2) is 9.37 Å². The topological polar surface area (TPSA) is 124 Å². The first-order valence-electron chi connectivity index (χ1n) is 17.6. The molecule has 1 saturated heterocycles. The zero-order valence-electron chi connectivity index (χ0n) is 27.7. The van der Waals surface area contributed by atoms with Crippen LogP contribution in [0.15, 0.2) is 66.9 Å². The van der Waals surface area contributed by atoms with Crippen molar-refractivity contribution in [2.75, 3.05) is 32.7 Å². The highest BCUT2D eigenvalue weighted by Crippen LogP contribution is 2.39. The number of carbonyl (C=O) groups excluding carboxylic acids is 2. The lowest BCUT2D eigenvalue weighted by molar-refractivity contribution is 0.0887. The molecule has 2 aromatic heterocycles. The summed E-state index contributed by atoms with van der Waals surface area (Å²) in [6.45, 7) is 5.50. The Morgan fingerprint density at radius 1 is 0.878 bits per heavy atom. The molecule has 7 rings (SSSR count). The fourth-order valence-electron chi connectivity index (χ4n) is 6.78. The summed E-state index contributed by atoms with van der Waals surface area (Å²) in [5.41, 5.74) is 4.82. The number of nitrogens with one attached hydrogen (secondary N) is 4. The molecule has 0 radical (unpaired) electrons. The van der Waals surface area contributed by atoms with Crippen LogP contribution in [0.4, 0.5) is 4.39 Å². The molecule has 0 unspecified atom stereocenters. The van der Waals surface area contributed by atoms with Crippen molar-refractivity contribution in [1.29, 1.82) is 0 Å². The summed E-state index contributed by atoms with van der Waals surface area (Å²) in [7, 11) is 0. The second kappa shape index (κ2) is 15.3. The van der Waals surface area contributed by atoms with Crippen LogP contribution in [0.1, 0.15) is 83.0 Å². The second-order valence-electron chi connectivity index (χ2n) is 13.5. The molecule has 2 aromatic carbocycles. The van der Waals surface area contributed by atoms with Crippen LogP contribution in [0.25, 0.3) is 11.1 Å². The third-order valence-electron chi connectivity index (χ3n) is 9.78. The van der Waals surface area contributed by atoms with Crippen molar-refractivity contribution in [2.45, 2.75) is 69.4 Å². The number of amides is 2. The molecule has 1 aliphatic heterocycles. The van der Waals surface area contributed by atoms with Crippen molar-refractivity contribution >= 4 is 11.8 Å². The van der Waals surface area contributed by atoms with Gasteiger partial charge in [-0.15, -0.1) is 0 Å². The van der Waals surface area contributed by atoms with E-state index in [0.29, 0.717) is 30.2 Å². The highest BCUT2D eigenvalue weighted by atomic mass is 19.1. The molecule has 4 N–H and O–H groups in total. The zero-order chi connectivity index (χ0) is 33.6. The van der Waals surface area contributed by atoms with Gasteiger partial charge in [-0.1, -0.05) is 36.4 Å². The molecule has 0 spiro atoms. The molecule has 10 nitrogen and oxygen atoms in total. The average Bonchev–Trinajstić information content (AvgIpc) is 3.86. The van der Waals surface area contributed by atoms with E-state index >= 15 is 0 Å². The average molecular weight is 666 g/mol. The van der Waals surface area contributed by atoms with Crippen LogP contribution in [-0.4, -0.2) is 76.7 Å². The first-order valence-corrected chi connectivity index (χ1v) is 17.6. The van der Waals surface area contributed by atoms with Crippen molar-refractivity contribution in [2.24, 2.45) is 0 Å². The molecule has 256 valence electrons. The van der Waals surface area contributed by atoms with Crippen molar-refractivity contribution in [3.05, 3.63) is 95.2 Å². The van der Waals surface area contributed by atoms with Crippen LogP contribution in [-0.2, 0) is 6.42 Å². The van der Waals surface area contributed by atoms with E-state index in [2.05, 4.69) is 60.3 Å². The normalized spacial score (nSPS) is 19.7. The van der Waals surface area contributed by atoms with Gasteiger partial charge in [-0.2, -0.15) is 5.10 Å². The number of hydrogen-bond acceptors (Lipinski definition) is 7. The van der Waals surface area contributed by atoms with E-state index in [0.717, 1.165) is 100 Å². The van der Waals surface area contributed by atoms with Crippen molar-refractivity contribution < 1.29 is 18.7 Å². The molecule has 4 aromatic rings. The minimum Gasteiger partial charge on any atom is -0.438 e. The number of aryl methyl sites for hydroxylation is 1. The highest BCUT2D eigenvalue weighted by Gasteiger charge is 2.29. The molecule has 2 amide bonds. The third kappa shape index (κ3) is 8.71. The summed E-state index contributed by atoms with van der Waals surface area (Å²) >= 11 is 0. The number of benzene rings is 2. The van der Waals surface area contributed by atoms with E-state index in [4.69, 9.17) is 4.74 Å². The van der Waals surface area contributed by atoms with E-state index < -0.39 is 11.7 Å². The maximum Gasteiger partial charge on any atom is 0.269 e. The predicted octanol–water partition coefficient (Wildman–Crippen LogP) is 5.59. The molecular weight excluding hydrogens is 621 g/mol. The number of hydrogen-bond donors (Lipinski definition) is 4. The molecule has 2 saturated carbocycles. The van der Waals surface area contributed by atoms with E-state index in [9.17, 15) is 14.0 Å². The van der Waals surface area contributed by atoms with Gasteiger partial charge >= 0.3 is 0 Å². The number of nitrogens with zero attached hydrogens (tertiary/aromatic N) is 3. The Kier molecular flexibility index (Phi) is 10.3. The van der Waals surface area contributed by atoms with Gasteiger partial charge in [0.15, 0.2) is 0 Å². The Bertz CT molecular complexity index is 1740. The minimum atomic E-state index is -0.616. The number of aromatic amines is 1. The van der Waals surface area contributed by atoms with E-state index in [1.807, 2.05) is 24.3 Å². The van der Waals surface area contributed by atoms with Crippen LogP contribution >= 0.6 is 0 Å². The second-order valence-corrected chi connectivity index (χ2v) is 13.5. The van der Waals surface area contributed by atoms with Gasteiger partial charge in [-0.3, -0.25) is 14.7 Å². The Balaban J connectivity index is 0.922. The summed E-state index contributed by atoms with van der Waals surface area (Å²) in [5, 5.41) is 16.6. The Morgan fingerprint density at radius 2 is 1.61 bits per heavy atom. The summed E-state index contributed by atoms with van der Waals surface area (Å²) < 4.78 is 20.4. The molecule has 3 fully saturated rings. The zero-order valence-corrected chi connectivity index (χ0v) is 27.7. The lowest BCUT2D eigenvalue weighted by atomic mass is 9.91. The van der Waals surface area contributed by atoms with Crippen LogP contribution in [0.3, 0.4) is 0 Å². The summed E-state index contributed by atoms with van der Waals surface area (Å²) in [6, 6.07) is 19.1. The number of halogens is 1. The fraction of sp³-hybridized carbons (Fsp3) is 0.421. The molecule has 49 heavy (non-hydrogen) atoms. The summed E-state index contributed by atoms with van der Waals surface area (Å²) in [6.07, 6.45) is 8.28. The number of carbonyl (C=O) groups is 2. The maximum absolute atomic E-state index is 14.3. The molecule has 0 atom stereocenters. The largest absolute Gasteiger partial charge is 0.438 e. The molecule has 2 aliphatic carbocycles. The highest BCUT2D eigenvalue weighted by molar-refractivity contribution is 5.96. The van der Waals surface area contributed by atoms with Gasteiger partial charge in [0.25, 0.3) is 11.8 Å². The fourth-order valence-corrected chi connectivity index (χ4v) is 6.78.